The summed E-state index contributed by atoms with van der Waals surface area (Å²) in [6.07, 6.45) is 2.61. The fraction of sp³-hybridized carbons (Fsp3) is 0.333. The Morgan fingerprint density at radius 2 is 2.46 bits per heavy atom. The Labute approximate surface area is 81.3 Å². The van der Waals surface area contributed by atoms with Crippen molar-refractivity contribution in [2.24, 2.45) is 0 Å². The predicted molar refractivity (Wildman–Crippen MR) is 51.0 cm³/mol. The number of hydrogen-bond donors (Lipinski definition) is 0. The van der Waals surface area contributed by atoms with Gasteiger partial charge in [0.05, 0.1) is 5.69 Å². The van der Waals surface area contributed by atoms with Gasteiger partial charge in [0, 0.05) is 19.7 Å². The predicted octanol–water partition coefficient (Wildman–Crippen LogP) is 1.64. The molecule has 1 aliphatic heterocycles. The van der Waals surface area contributed by atoms with Gasteiger partial charge in [-0.1, -0.05) is 11.6 Å². The second kappa shape index (κ2) is 3.00. The Morgan fingerprint density at radius 3 is 3.15 bits per heavy atom. The Morgan fingerprint density at radius 1 is 1.69 bits per heavy atom. The second-order valence-corrected chi connectivity index (χ2v) is 3.44. The lowest BCUT2D eigenvalue weighted by Crippen LogP contribution is -2.25. The summed E-state index contributed by atoms with van der Waals surface area (Å²) in [5.41, 5.74) is 2.01. The van der Waals surface area contributed by atoms with Gasteiger partial charge in [0.2, 0.25) is 5.91 Å². The van der Waals surface area contributed by atoms with Gasteiger partial charge >= 0.3 is 0 Å². The lowest BCUT2D eigenvalue weighted by molar-refractivity contribution is -0.116. The number of hydrogen-bond acceptors (Lipinski definition) is 2. The van der Waals surface area contributed by atoms with Gasteiger partial charge in [-0.25, -0.2) is 4.98 Å². The summed E-state index contributed by atoms with van der Waals surface area (Å²) in [7, 11) is 0. The molecule has 68 valence electrons. The first-order chi connectivity index (χ1) is 6.18. The van der Waals surface area contributed by atoms with Crippen LogP contribution in [0.1, 0.15) is 12.5 Å². The highest BCUT2D eigenvalue weighted by molar-refractivity contribution is 6.29. The number of rotatable bonds is 0. The van der Waals surface area contributed by atoms with Crippen LogP contribution in [0.25, 0.3) is 0 Å². The van der Waals surface area contributed by atoms with Crippen LogP contribution in [0.15, 0.2) is 12.3 Å². The van der Waals surface area contributed by atoms with E-state index in [1.807, 2.05) is 0 Å². The molecule has 0 aromatic carbocycles. The minimum absolute atomic E-state index is 0.0565. The molecule has 0 aliphatic carbocycles. The van der Waals surface area contributed by atoms with Crippen molar-refractivity contribution >= 4 is 23.2 Å². The second-order valence-electron chi connectivity index (χ2n) is 3.06. The molecule has 2 heterocycles. The first-order valence-corrected chi connectivity index (χ1v) is 4.49. The smallest absolute Gasteiger partial charge is 0.223 e. The van der Waals surface area contributed by atoms with Gasteiger partial charge in [-0.2, -0.15) is 0 Å². The number of carbonyl (C=O) groups is 1. The standard InChI is InChI=1S/C9H9ClN2O/c1-6(13)12-3-2-7-5-11-9(10)4-8(7)12/h4-5H,2-3H2,1H3. The van der Waals surface area contributed by atoms with E-state index in [1.54, 1.807) is 24.1 Å². The molecule has 0 atom stereocenters. The van der Waals surface area contributed by atoms with Crippen LogP contribution in [-0.2, 0) is 11.2 Å². The normalized spacial score (nSPS) is 14.5. The van der Waals surface area contributed by atoms with Crippen LogP contribution in [0, 0.1) is 0 Å². The number of pyridine rings is 1. The van der Waals surface area contributed by atoms with Gasteiger partial charge in [-0.15, -0.1) is 0 Å². The van der Waals surface area contributed by atoms with Crippen molar-refractivity contribution in [1.82, 2.24) is 4.98 Å². The average Bonchev–Trinajstić information content (AvgIpc) is 2.46. The highest BCUT2D eigenvalue weighted by atomic mass is 35.5. The molecular formula is C9H9ClN2O. The Hall–Kier alpha value is -1.09. The van der Waals surface area contributed by atoms with E-state index < -0.39 is 0 Å². The van der Waals surface area contributed by atoms with E-state index in [4.69, 9.17) is 11.6 Å². The monoisotopic (exact) mass is 196 g/mol. The fourth-order valence-corrected chi connectivity index (χ4v) is 1.72. The van der Waals surface area contributed by atoms with E-state index in [0.717, 1.165) is 24.2 Å². The molecule has 0 N–H and O–H groups in total. The van der Waals surface area contributed by atoms with Crippen molar-refractivity contribution in [2.75, 3.05) is 11.4 Å². The molecule has 4 heteroatoms. The summed E-state index contributed by atoms with van der Waals surface area (Å²) in [6.45, 7) is 2.30. The molecule has 0 radical (unpaired) electrons. The maximum atomic E-state index is 11.2. The summed E-state index contributed by atoms with van der Waals surface area (Å²) in [4.78, 5) is 16.9. The molecular weight excluding hydrogens is 188 g/mol. The third-order valence-electron chi connectivity index (χ3n) is 2.20. The molecule has 0 saturated carbocycles. The van der Waals surface area contributed by atoms with Crippen LogP contribution in [0.5, 0.6) is 0 Å². The summed E-state index contributed by atoms with van der Waals surface area (Å²) in [5, 5.41) is 0.437. The number of carbonyl (C=O) groups excluding carboxylic acids is 1. The number of halogens is 1. The van der Waals surface area contributed by atoms with Crippen molar-refractivity contribution < 1.29 is 4.79 Å². The van der Waals surface area contributed by atoms with Crippen LogP contribution in [-0.4, -0.2) is 17.4 Å². The molecule has 13 heavy (non-hydrogen) atoms. The molecule has 3 nitrogen and oxygen atoms in total. The van der Waals surface area contributed by atoms with Crippen LogP contribution >= 0.6 is 11.6 Å². The van der Waals surface area contributed by atoms with E-state index in [1.165, 1.54) is 0 Å². The third kappa shape index (κ3) is 1.40. The molecule has 0 unspecified atom stereocenters. The molecule has 1 aromatic rings. The van der Waals surface area contributed by atoms with Crippen molar-refractivity contribution in [1.29, 1.82) is 0 Å². The fourth-order valence-electron chi connectivity index (χ4n) is 1.57. The molecule has 1 amide bonds. The van der Waals surface area contributed by atoms with Crippen molar-refractivity contribution in [3.05, 3.63) is 23.0 Å². The zero-order chi connectivity index (χ0) is 9.42. The number of anilines is 1. The molecule has 0 spiro atoms. The van der Waals surface area contributed by atoms with E-state index in [9.17, 15) is 4.79 Å². The van der Waals surface area contributed by atoms with Crippen molar-refractivity contribution in [2.45, 2.75) is 13.3 Å². The number of aromatic nitrogens is 1. The van der Waals surface area contributed by atoms with E-state index in [2.05, 4.69) is 4.98 Å². The molecule has 1 aliphatic rings. The van der Waals surface area contributed by atoms with Crippen molar-refractivity contribution in [3.8, 4) is 0 Å². The van der Waals surface area contributed by atoms with Gasteiger partial charge < -0.3 is 4.90 Å². The van der Waals surface area contributed by atoms with Crippen LogP contribution in [0.4, 0.5) is 5.69 Å². The molecule has 0 bridgehead atoms. The largest absolute Gasteiger partial charge is 0.312 e. The lowest BCUT2D eigenvalue weighted by atomic mass is 10.2. The summed E-state index contributed by atoms with van der Waals surface area (Å²) >= 11 is 5.74. The number of fused-ring (bicyclic) bond motifs is 1. The molecule has 2 rings (SSSR count). The zero-order valence-corrected chi connectivity index (χ0v) is 8.01. The van der Waals surface area contributed by atoms with E-state index in [-0.39, 0.29) is 5.91 Å². The highest BCUT2D eigenvalue weighted by Crippen LogP contribution is 2.28. The summed E-state index contributed by atoms with van der Waals surface area (Å²) in [6, 6.07) is 1.74. The highest BCUT2D eigenvalue weighted by Gasteiger charge is 2.22. The summed E-state index contributed by atoms with van der Waals surface area (Å²) < 4.78 is 0. The van der Waals surface area contributed by atoms with E-state index >= 15 is 0 Å². The first-order valence-electron chi connectivity index (χ1n) is 4.11. The van der Waals surface area contributed by atoms with Crippen LogP contribution < -0.4 is 4.90 Å². The maximum Gasteiger partial charge on any atom is 0.223 e. The van der Waals surface area contributed by atoms with Gasteiger partial charge in [0.15, 0.2) is 0 Å². The van der Waals surface area contributed by atoms with Gasteiger partial charge in [-0.3, -0.25) is 4.79 Å². The minimum atomic E-state index is 0.0565. The van der Waals surface area contributed by atoms with E-state index in [0.29, 0.717) is 5.15 Å². The number of nitrogens with zero attached hydrogens (tertiary/aromatic N) is 2. The van der Waals surface area contributed by atoms with Crippen LogP contribution in [0.3, 0.4) is 0 Å². The Kier molecular flexibility index (Phi) is 1.96. The SMILES string of the molecule is CC(=O)N1CCc2cnc(Cl)cc21. The topological polar surface area (TPSA) is 33.2 Å². The molecule has 0 fully saturated rings. The van der Waals surface area contributed by atoms with Crippen LogP contribution in [0.2, 0.25) is 5.15 Å². The van der Waals surface area contributed by atoms with Gasteiger partial charge in [0.25, 0.3) is 0 Å². The Bertz CT molecular complexity index is 365. The van der Waals surface area contributed by atoms with Crippen molar-refractivity contribution in [3.63, 3.8) is 0 Å². The molecule has 0 saturated heterocycles. The first kappa shape index (κ1) is 8.51. The molecule has 1 aromatic heterocycles. The quantitative estimate of drug-likeness (QED) is 0.591. The minimum Gasteiger partial charge on any atom is -0.312 e. The van der Waals surface area contributed by atoms with Gasteiger partial charge in [-0.05, 0) is 18.1 Å². The van der Waals surface area contributed by atoms with Gasteiger partial charge in [0.1, 0.15) is 5.15 Å². The number of amides is 1. The maximum absolute atomic E-state index is 11.2. The lowest BCUT2D eigenvalue weighted by Gasteiger charge is -2.14. The zero-order valence-electron chi connectivity index (χ0n) is 7.25. The third-order valence-corrected chi connectivity index (χ3v) is 2.41. The summed E-state index contributed by atoms with van der Waals surface area (Å²) in [5.74, 6) is 0.0565. The Balaban J connectivity index is 2.46. The average molecular weight is 197 g/mol.